The van der Waals surface area contributed by atoms with Crippen molar-refractivity contribution in [2.24, 2.45) is 0 Å². The van der Waals surface area contributed by atoms with Crippen molar-refractivity contribution in [1.29, 1.82) is 0 Å². The number of nitrogens with zero attached hydrogens (tertiary/aromatic N) is 2. The van der Waals surface area contributed by atoms with Crippen molar-refractivity contribution in [3.05, 3.63) is 182 Å². The van der Waals surface area contributed by atoms with Crippen molar-refractivity contribution in [3.8, 4) is 33.9 Å². The Kier molecular flexibility index (Phi) is 6.79. The van der Waals surface area contributed by atoms with Gasteiger partial charge in [0, 0.05) is 62.4 Å². The molecule has 0 saturated carbocycles. The summed E-state index contributed by atoms with van der Waals surface area (Å²) in [5, 5.41) is 17.6. The number of rotatable bonds is 3. The summed E-state index contributed by atoms with van der Waals surface area (Å²) in [6, 6.07) is 66.5. The lowest BCUT2D eigenvalue weighted by atomic mass is 9.91. The van der Waals surface area contributed by atoms with Crippen molar-refractivity contribution < 1.29 is 0 Å². The van der Waals surface area contributed by atoms with Crippen LogP contribution in [0.3, 0.4) is 0 Å². The minimum absolute atomic E-state index is 0.732. The highest BCUT2D eigenvalue weighted by molar-refractivity contribution is 7.27. The Morgan fingerprint density at radius 1 is 0.310 bits per heavy atom. The van der Waals surface area contributed by atoms with Gasteiger partial charge >= 0.3 is 0 Å². The maximum Gasteiger partial charge on any atom is 0.161 e. The molecule has 0 N–H and O–H groups in total. The molecule has 0 bridgehead atoms. The predicted molar refractivity (Wildman–Crippen MR) is 252 cm³/mol. The topological polar surface area (TPSA) is 25.8 Å². The Hall–Kier alpha value is -6.98. The molecule has 0 amide bonds. The van der Waals surface area contributed by atoms with Crippen LogP contribution in [0.1, 0.15) is 0 Å². The van der Waals surface area contributed by atoms with E-state index in [1.54, 1.807) is 0 Å². The van der Waals surface area contributed by atoms with E-state index >= 15 is 0 Å². The first-order valence-electron chi connectivity index (χ1n) is 19.6. The molecule has 0 aliphatic heterocycles. The van der Waals surface area contributed by atoms with E-state index in [2.05, 4.69) is 182 Å². The Balaban J connectivity index is 1.14. The van der Waals surface area contributed by atoms with E-state index < -0.39 is 0 Å². The third-order valence-electron chi connectivity index (χ3n) is 12.0. The molecule has 4 heteroatoms. The molecule has 58 heavy (non-hydrogen) atoms. The second-order valence-corrected chi connectivity index (χ2v) is 17.4. The zero-order valence-corrected chi connectivity index (χ0v) is 32.7. The average molecular weight is 771 g/mol. The Bertz CT molecular complexity index is 3860. The van der Waals surface area contributed by atoms with Crippen molar-refractivity contribution in [2.45, 2.75) is 0 Å². The molecule has 0 unspecified atom stereocenters. The van der Waals surface area contributed by atoms with Crippen LogP contribution >= 0.6 is 22.7 Å². The Morgan fingerprint density at radius 2 is 0.845 bits per heavy atom. The molecule has 0 aliphatic carbocycles. The van der Waals surface area contributed by atoms with Crippen LogP contribution < -0.4 is 0 Å². The number of benzene rings is 10. The highest BCUT2D eigenvalue weighted by Gasteiger charge is 2.22. The number of thiophene rings is 2. The molecule has 10 aromatic carbocycles. The summed E-state index contributed by atoms with van der Waals surface area (Å²) in [7, 11) is 0. The van der Waals surface area contributed by atoms with Crippen LogP contribution in [0.25, 0.3) is 128 Å². The maximum absolute atomic E-state index is 5.55. The molecule has 13 aromatic rings. The first-order valence-corrected chi connectivity index (χ1v) is 21.3. The van der Waals surface area contributed by atoms with Crippen LogP contribution in [0.2, 0.25) is 0 Å². The quantitative estimate of drug-likeness (QED) is 0.167. The molecule has 13 rings (SSSR count). The highest BCUT2D eigenvalue weighted by atomic mass is 32.1. The largest absolute Gasteiger partial charge is 0.228 e. The van der Waals surface area contributed by atoms with E-state index in [1.807, 2.05) is 22.7 Å². The van der Waals surface area contributed by atoms with E-state index in [-0.39, 0.29) is 0 Å². The molecule has 0 saturated heterocycles. The Labute approximate surface area is 340 Å². The van der Waals surface area contributed by atoms with Gasteiger partial charge in [0.2, 0.25) is 0 Å². The van der Waals surface area contributed by atoms with Crippen LogP contribution in [0.4, 0.5) is 0 Å². The van der Waals surface area contributed by atoms with E-state index in [1.165, 1.54) is 94.2 Å². The fraction of sp³-hybridized carbons (Fsp3) is 0. The van der Waals surface area contributed by atoms with E-state index in [0.29, 0.717) is 0 Å². The molecular weight excluding hydrogens is 741 g/mol. The van der Waals surface area contributed by atoms with Crippen molar-refractivity contribution in [2.75, 3.05) is 0 Å². The van der Waals surface area contributed by atoms with Gasteiger partial charge < -0.3 is 0 Å². The van der Waals surface area contributed by atoms with Gasteiger partial charge in [-0.2, -0.15) is 0 Å². The van der Waals surface area contributed by atoms with Gasteiger partial charge in [0.25, 0.3) is 0 Å². The van der Waals surface area contributed by atoms with Crippen LogP contribution in [-0.2, 0) is 0 Å². The summed E-state index contributed by atoms with van der Waals surface area (Å²) < 4.78 is 5.09. The third kappa shape index (κ3) is 4.77. The molecule has 0 aliphatic rings. The fourth-order valence-corrected chi connectivity index (χ4v) is 11.8. The van der Waals surface area contributed by atoms with E-state index in [0.717, 1.165) is 33.9 Å². The molecule has 0 radical (unpaired) electrons. The van der Waals surface area contributed by atoms with Gasteiger partial charge in [-0.15, -0.1) is 22.7 Å². The van der Waals surface area contributed by atoms with Gasteiger partial charge in [0.15, 0.2) is 5.82 Å². The first-order chi connectivity index (χ1) is 28.7. The van der Waals surface area contributed by atoms with Gasteiger partial charge in [0.05, 0.1) is 11.4 Å². The highest BCUT2D eigenvalue weighted by Crippen LogP contribution is 2.49. The first kappa shape index (κ1) is 32.1. The lowest BCUT2D eigenvalue weighted by Crippen LogP contribution is -1.97. The van der Waals surface area contributed by atoms with Crippen LogP contribution in [0.5, 0.6) is 0 Å². The molecule has 0 fully saturated rings. The van der Waals surface area contributed by atoms with Crippen molar-refractivity contribution in [3.63, 3.8) is 0 Å². The van der Waals surface area contributed by atoms with Gasteiger partial charge in [0.1, 0.15) is 0 Å². The molecule has 2 nitrogen and oxygen atoms in total. The maximum atomic E-state index is 5.55. The van der Waals surface area contributed by atoms with Crippen LogP contribution in [0.15, 0.2) is 182 Å². The SMILES string of the molecule is c1ccc(-c2cc(-c3ccc4c(c3)sc3cc5ccccc5cc34)nc(-c3cc4c5ccccc5c5ccccc5c4c4sc5cc6ccccc6cc5c34)n2)cc1. The summed E-state index contributed by atoms with van der Waals surface area (Å²) in [5.74, 6) is 0.732. The molecule has 268 valence electrons. The lowest BCUT2D eigenvalue weighted by molar-refractivity contribution is 1.19. The van der Waals surface area contributed by atoms with Gasteiger partial charge in [-0.25, -0.2) is 9.97 Å². The zero-order chi connectivity index (χ0) is 37.9. The van der Waals surface area contributed by atoms with E-state index in [9.17, 15) is 0 Å². The van der Waals surface area contributed by atoms with Crippen molar-refractivity contribution >= 4 is 117 Å². The van der Waals surface area contributed by atoms with Crippen LogP contribution in [-0.4, -0.2) is 9.97 Å². The summed E-state index contributed by atoms with van der Waals surface area (Å²) in [5.41, 5.74) is 5.02. The average Bonchev–Trinajstić information content (AvgIpc) is 3.84. The second-order valence-electron chi connectivity index (χ2n) is 15.3. The molecule has 3 heterocycles. The molecule has 0 atom stereocenters. The molecule has 3 aromatic heterocycles. The monoisotopic (exact) mass is 770 g/mol. The number of aromatic nitrogens is 2. The zero-order valence-electron chi connectivity index (χ0n) is 31.0. The fourth-order valence-electron chi connectivity index (χ4n) is 9.28. The second kappa shape index (κ2) is 12.3. The van der Waals surface area contributed by atoms with Gasteiger partial charge in [-0.3, -0.25) is 0 Å². The molecular formula is C54H30N2S2. The summed E-state index contributed by atoms with van der Waals surface area (Å²) in [6.07, 6.45) is 0. The van der Waals surface area contributed by atoms with Gasteiger partial charge in [-0.1, -0.05) is 140 Å². The minimum atomic E-state index is 0.732. The van der Waals surface area contributed by atoms with Crippen molar-refractivity contribution in [1.82, 2.24) is 9.97 Å². The summed E-state index contributed by atoms with van der Waals surface area (Å²) >= 11 is 3.74. The predicted octanol–water partition coefficient (Wildman–Crippen LogP) is 16.0. The van der Waals surface area contributed by atoms with Crippen LogP contribution in [0, 0.1) is 0 Å². The number of fused-ring (bicyclic) bond motifs is 15. The smallest absolute Gasteiger partial charge is 0.161 e. The lowest BCUT2D eigenvalue weighted by Gasteiger charge is -2.15. The Morgan fingerprint density at radius 3 is 1.55 bits per heavy atom. The van der Waals surface area contributed by atoms with Gasteiger partial charge in [-0.05, 0) is 90.9 Å². The minimum Gasteiger partial charge on any atom is -0.228 e. The van der Waals surface area contributed by atoms with E-state index in [4.69, 9.17) is 9.97 Å². The summed E-state index contributed by atoms with van der Waals surface area (Å²) in [6.45, 7) is 0. The third-order valence-corrected chi connectivity index (χ3v) is 14.3. The normalized spacial score (nSPS) is 12.1. The summed E-state index contributed by atoms with van der Waals surface area (Å²) in [4.78, 5) is 11.0. The molecule has 0 spiro atoms. The number of hydrogen-bond acceptors (Lipinski definition) is 4. The standard InChI is InChI=1S/C54H30N2S2/c1-2-12-31(13-3-1)46-30-47(36-22-23-40-42-24-32-14-4-6-16-34(32)26-49(42)57-48(40)28-36)56-54(55-46)45-29-43-39-20-9-8-18-37(39)38-19-10-11-21-41(38)51(43)53-52(45)44-25-33-15-5-7-17-35(33)27-50(44)58-53/h1-30H. The number of hydrogen-bond donors (Lipinski definition) is 0.